The topological polar surface area (TPSA) is 79.5 Å². The van der Waals surface area contributed by atoms with E-state index in [0.717, 1.165) is 9.13 Å². The first-order valence-electron chi connectivity index (χ1n) is 7.57. The lowest BCUT2D eigenvalue weighted by atomic mass is 10.1. The van der Waals surface area contributed by atoms with Crippen LogP contribution in [0.15, 0.2) is 34.0 Å². The third-order valence-corrected chi connectivity index (χ3v) is 3.99. The number of aromatic nitrogens is 2. The van der Waals surface area contributed by atoms with E-state index in [1.807, 2.05) is 0 Å². The van der Waals surface area contributed by atoms with Gasteiger partial charge in [-0.15, -0.1) is 0 Å². The maximum Gasteiger partial charge on any atom is 0.331 e. The van der Waals surface area contributed by atoms with Crippen molar-refractivity contribution in [1.82, 2.24) is 9.13 Å². The van der Waals surface area contributed by atoms with Crippen molar-refractivity contribution in [2.75, 3.05) is 14.2 Å². The van der Waals surface area contributed by atoms with Gasteiger partial charge in [-0.2, -0.15) is 0 Å². The fraction of sp³-hybridized carbons (Fsp3) is 0.353. The van der Waals surface area contributed by atoms with Crippen molar-refractivity contribution < 1.29 is 14.3 Å². The van der Waals surface area contributed by atoms with Crippen LogP contribution in [-0.4, -0.2) is 29.3 Å². The molecule has 2 rings (SSSR count). The molecule has 0 amide bonds. The van der Waals surface area contributed by atoms with E-state index in [1.165, 1.54) is 20.4 Å². The summed E-state index contributed by atoms with van der Waals surface area (Å²) in [4.78, 5) is 37.0. The van der Waals surface area contributed by atoms with Crippen LogP contribution in [0.2, 0.25) is 5.02 Å². The SMILES string of the molecule is COC(=O)Cn1cc(-c2cccc(Cl)c2OC)c(=O)n(C(C)C)c1=O. The van der Waals surface area contributed by atoms with Gasteiger partial charge < -0.3 is 9.47 Å². The maximum atomic E-state index is 12.9. The number of rotatable bonds is 5. The summed E-state index contributed by atoms with van der Waals surface area (Å²) in [6.07, 6.45) is 1.33. The van der Waals surface area contributed by atoms with Crippen LogP contribution in [0.4, 0.5) is 0 Å². The maximum absolute atomic E-state index is 12.9. The second-order valence-electron chi connectivity index (χ2n) is 5.62. The number of nitrogens with zero attached hydrogens (tertiary/aromatic N) is 2. The summed E-state index contributed by atoms with van der Waals surface area (Å²) in [6, 6.07) is 4.58. The first-order valence-corrected chi connectivity index (χ1v) is 7.95. The average molecular weight is 367 g/mol. The van der Waals surface area contributed by atoms with Crippen LogP contribution in [0.1, 0.15) is 19.9 Å². The second kappa shape index (κ2) is 7.57. The van der Waals surface area contributed by atoms with Gasteiger partial charge in [0.1, 0.15) is 12.3 Å². The average Bonchev–Trinajstić information content (AvgIpc) is 2.56. The number of esters is 1. The minimum Gasteiger partial charge on any atom is -0.495 e. The van der Waals surface area contributed by atoms with Crippen LogP contribution in [0, 0.1) is 0 Å². The molecule has 0 saturated carbocycles. The molecule has 0 radical (unpaired) electrons. The quantitative estimate of drug-likeness (QED) is 0.757. The number of halogens is 1. The Bertz CT molecular complexity index is 914. The van der Waals surface area contributed by atoms with Gasteiger partial charge in [-0.3, -0.25) is 18.7 Å². The molecule has 0 atom stereocenters. The monoisotopic (exact) mass is 366 g/mol. The van der Waals surface area contributed by atoms with Crippen LogP contribution in [0.5, 0.6) is 5.75 Å². The zero-order valence-electron chi connectivity index (χ0n) is 14.4. The molecule has 0 aliphatic rings. The number of carbonyl (C=O) groups is 1. The highest BCUT2D eigenvalue weighted by Crippen LogP contribution is 2.34. The smallest absolute Gasteiger partial charge is 0.331 e. The highest BCUT2D eigenvalue weighted by atomic mass is 35.5. The predicted octanol–water partition coefficient (Wildman–Crippen LogP) is 2.09. The highest BCUT2D eigenvalue weighted by molar-refractivity contribution is 6.32. The molecule has 0 spiro atoms. The third kappa shape index (κ3) is 3.61. The highest BCUT2D eigenvalue weighted by Gasteiger charge is 2.20. The summed E-state index contributed by atoms with van der Waals surface area (Å²) < 4.78 is 12.1. The number of hydrogen-bond acceptors (Lipinski definition) is 5. The van der Waals surface area contributed by atoms with Gasteiger partial charge in [-0.05, 0) is 19.9 Å². The summed E-state index contributed by atoms with van der Waals surface area (Å²) >= 11 is 6.14. The van der Waals surface area contributed by atoms with Crippen molar-refractivity contribution in [3.8, 4) is 16.9 Å². The Hall–Kier alpha value is -2.54. The summed E-state index contributed by atoms with van der Waals surface area (Å²) in [5.41, 5.74) is -0.429. The largest absolute Gasteiger partial charge is 0.495 e. The Morgan fingerprint density at radius 2 is 1.88 bits per heavy atom. The van der Waals surface area contributed by atoms with E-state index in [2.05, 4.69) is 4.74 Å². The van der Waals surface area contributed by atoms with E-state index in [4.69, 9.17) is 16.3 Å². The summed E-state index contributed by atoms with van der Waals surface area (Å²) in [7, 11) is 2.67. The van der Waals surface area contributed by atoms with E-state index < -0.39 is 23.3 Å². The summed E-state index contributed by atoms with van der Waals surface area (Å²) in [5, 5.41) is 0.334. The van der Waals surface area contributed by atoms with Crippen LogP contribution < -0.4 is 16.0 Å². The Labute approximate surface area is 149 Å². The molecule has 8 heteroatoms. The van der Waals surface area contributed by atoms with Gasteiger partial charge in [-0.1, -0.05) is 23.7 Å². The number of benzene rings is 1. The van der Waals surface area contributed by atoms with Crippen LogP contribution >= 0.6 is 11.6 Å². The van der Waals surface area contributed by atoms with Crippen molar-refractivity contribution >= 4 is 17.6 Å². The molecule has 0 N–H and O–H groups in total. The van der Waals surface area contributed by atoms with Crippen molar-refractivity contribution in [3.05, 3.63) is 50.3 Å². The van der Waals surface area contributed by atoms with Crippen molar-refractivity contribution in [1.29, 1.82) is 0 Å². The van der Waals surface area contributed by atoms with E-state index in [-0.39, 0.29) is 12.1 Å². The van der Waals surface area contributed by atoms with Crippen LogP contribution in [-0.2, 0) is 16.1 Å². The molecule has 25 heavy (non-hydrogen) atoms. The summed E-state index contributed by atoms with van der Waals surface area (Å²) in [6.45, 7) is 3.12. The predicted molar refractivity (Wildman–Crippen MR) is 94.4 cm³/mol. The molecule has 0 aliphatic heterocycles. The minimum atomic E-state index is -0.597. The van der Waals surface area contributed by atoms with Crippen molar-refractivity contribution in [2.24, 2.45) is 0 Å². The van der Waals surface area contributed by atoms with Gasteiger partial charge in [0, 0.05) is 17.8 Å². The van der Waals surface area contributed by atoms with Crippen molar-refractivity contribution in [3.63, 3.8) is 0 Å². The number of ether oxygens (including phenoxy) is 2. The van der Waals surface area contributed by atoms with Gasteiger partial charge in [-0.25, -0.2) is 4.79 Å². The summed E-state index contributed by atoms with van der Waals surface area (Å²) in [5.74, 6) is -0.278. The first kappa shape index (κ1) is 18.8. The van der Waals surface area contributed by atoms with Gasteiger partial charge >= 0.3 is 11.7 Å². The fourth-order valence-electron chi connectivity index (χ4n) is 2.51. The zero-order valence-corrected chi connectivity index (χ0v) is 15.2. The lowest BCUT2D eigenvalue weighted by Crippen LogP contribution is -2.42. The molecule has 0 saturated heterocycles. The number of carbonyl (C=O) groups excluding carboxylic acids is 1. The van der Waals surface area contributed by atoms with Gasteiger partial charge in [0.15, 0.2) is 0 Å². The first-order chi connectivity index (χ1) is 11.8. The van der Waals surface area contributed by atoms with Gasteiger partial charge in [0.2, 0.25) is 0 Å². The van der Waals surface area contributed by atoms with E-state index in [0.29, 0.717) is 16.3 Å². The second-order valence-corrected chi connectivity index (χ2v) is 6.03. The number of methoxy groups -OCH3 is 2. The Morgan fingerprint density at radius 1 is 1.20 bits per heavy atom. The molecule has 0 aliphatic carbocycles. The van der Waals surface area contributed by atoms with Gasteiger partial charge in [0.25, 0.3) is 5.56 Å². The van der Waals surface area contributed by atoms with Crippen LogP contribution in [0.3, 0.4) is 0 Å². The van der Waals surface area contributed by atoms with Gasteiger partial charge in [0.05, 0.1) is 24.8 Å². The molecule has 7 nitrogen and oxygen atoms in total. The molecule has 134 valence electrons. The molecule has 1 heterocycles. The van der Waals surface area contributed by atoms with E-state index in [1.54, 1.807) is 32.0 Å². The Kier molecular flexibility index (Phi) is 5.69. The molecular formula is C17H19ClN2O5. The zero-order chi connectivity index (χ0) is 18.7. The molecule has 0 unspecified atom stereocenters. The lowest BCUT2D eigenvalue weighted by molar-refractivity contribution is -0.141. The molecule has 0 bridgehead atoms. The molecule has 2 aromatic rings. The minimum absolute atomic E-state index is 0.205. The number of para-hydroxylation sites is 1. The number of hydrogen-bond donors (Lipinski definition) is 0. The lowest BCUT2D eigenvalue weighted by Gasteiger charge is -2.16. The Morgan fingerprint density at radius 3 is 2.44 bits per heavy atom. The van der Waals surface area contributed by atoms with Crippen LogP contribution in [0.25, 0.3) is 11.1 Å². The Balaban J connectivity index is 2.83. The third-order valence-electron chi connectivity index (χ3n) is 3.69. The molecule has 0 fully saturated rings. The normalized spacial score (nSPS) is 10.8. The molecular weight excluding hydrogens is 348 g/mol. The molecule has 1 aromatic carbocycles. The van der Waals surface area contributed by atoms with E-state index >= 15 is 0 Å². The van der Waals surface area contributed by atoms with E-state index in [9.17, 15) is 14.4 Å². The molecule has 1 aromatic heterocycles. The standard InChI is InChI=1S/C17H19ClN2O5/c1-10(2)20-16(22)12(8-19(17(20)23)9-14(21)24-3)11-6-5-7-13(18)15(11)25-4/h5-8,10H,9H2,1-4H3. The fourth-order valence-corrected chi connectivity index (χ4v) is 2.76. The van der Waals surface area contributed by atoms with Crippen molar-refractivity contribution in [2.45, 2.75) is 26.4 Å².